The number of sulfonamides is 1. The van der Waals surface area contributed by atoms with Crippen LogP contribution in [0.25, 0.3) is 0 Å². The van der Waals surface area contributed by atoms with Crippen molar-refractivity contribution in [1.82, 2.24) is 10.0 Å². The second kappa shape index (κ2) is 7.87. The van der Waals surface area contributed by atoms with E-state index in [0.29, 0.717) is 0 Å². The van der Waals surface area contributed by atoms with Crippen LogP contribution in [0.1, 0.15) is 19.8 Å². The quantitative estimate of drug-likeness (QED) is 0.744. The van der Waals surface area contributed by atoms with E-state index in [2.05, 4.69) is 15.4 Å². The van der Waals surface area contributed by atoms with E-state index >= 15 is 0 Å². The van der Waals surface area contributed by atoms with Gasteiger partial charge in [0.05, 0.1) is 10.6 Å². The molecule has 1 aromatic carbocycles. The van der Waals surface area contributed by atoms with Crippen molar-refractivity contribution in [2.75, 3.05) is 18.4 Å². The highest BCUT2D eigenvalue weighted by Gasteiger charge is 2.20. The summed E-state index contributed by atoms with van der Waals surface area (Å²) in [6.07, 6.45) is 1.94. The molecule has 3 N–H and O–H groups in total. The maximum atomic E-state index is 13.5. The highest BCUT2D eigenvalue weighted by molar-refractivity contribution is 7.89. The first-order valence-corrected chi connectivity index (χ1v) is 8.17. The molecule has 0 aromatic heterocycles. The van der Waals surface area contributed by atoms with Gasteiger partial charge in [0.25, 0.3) is 0 Å². The molecule has 1 saturated heterocycles. The predicted octanol–water partition coefficient (Wildman–Crippen LogP) is 1.24. The van der Waals surface area contributed by atoms with Crippen LogP contribution in [0.15, 0.2) is 23.1 Å². The van der Waals surface area contributed by atoms with Crippen molar-refractivity contribution in [1.29, 1.82) is 0 Å². The lowest BCUT2D eigenvalue weighted by Gasteiger charge is -2.13. The molecule has 0 spiro atoms. The molecule has 1 heterocycles. The van der Waals surface area contributed by atoms with Crippen molar-refractivity contribution in [2.24, 2.45) is 0 Å². The summed E-state index contributed by atoms with van der Waals surface area (Å²) >= 11 is 0. The van der Waals surface area contributed by atoms with E-state index in [-0.39, 0.29) is 35.6 Å². The van der Waals surface area contributed by atoms with E-state index in [1.165, 1.54) is 13.0 Å². The highest BCUT2D eigenvalue weighted by Crippen LogP contribution is 2.19. The number of hydrogen-bond donors (Lipinski definition) is 3. The average Bonchev–Trinajstić information content (AvgIpc) is 2.91. The maximum Gasteiger partial charge on any atom is 0.240 e. The molecule has 22 heavy (non-hydrogen) atoms. The van der Waals surface area contributed by atoms with E-state index < -0.39 is 21.7 Å². The van der Waals surface area contributed by atoms with Gasteiger partial charge in [0.15, 0.2) is 0 Å². The standard InChI is InChI=1S/C13H18FN3O3S.ClH/c1-9(18)17-13-7-11(4-5-12(13)14)21(19,20)16-8-10-3-2-6-15-10;/h4-5,7,10,15-16H,2-3,6,8H2,1H3,(H,17,18);1H. The number of benzene rings is 1. The Balaban J connectivity index is 0.00000242. The fourth-order valence-electron chi connectivity index (χ4n) is 2.18. The van der Waals surface area contributed by atoms with E-state index in [1.807, 2.05) is 0 Å². The topological polar surface area (TPSA) is 87.3 Å². The SMILES string of the molecule is CC(=O)Nc1cc(S(=O)(=O)NCC2CCCN2)ccc1F.Cl. The highest BCUT2D eigenvalue weighted by atomic mass is 35.5. The number of carbonyl (C=O) groups excluding carboxylic acids is 1. The molecule has 0 saturated carbocycles. The minimum absolute atomic E-state index is 0. The molecular weight excluding hydrogens is 333 g/mol. The molecule has 6 nitrogen and oxygen atoms in total. The summed E-state index contributed by atoms with van der Waals surface area (Å²) in [6.45, 7) is 2.40. The van der Waals surface area contributed by atoms with Gasteiger partial charge in [0.1, 0.15) is 5.82 Å². The largest absolute Gasteiger partial charge is 0.324 e. The van der Waals surface area contributed by atoms with Crippen molar-refractivity contribution in [3.05, 3.63) is 24.0 Å². The zero-order chi connectivity index (χ0) is 15.5. The van der Waals surface area contributed by atoms with Crippen LogP contribution in [0.4, 0.5) is 10.1 Å². The molecule has 1 aliphatic rings. The molecular formula is C13H19ClFN3O3S. The molecule has 1 aromatic rings. The van der Waals surface area contributed by atoms with Gasteiger partial charge in [0.2, 0.25) is 15.9 Å². The van der Waals surface area contributed by atoms with Gasteiger partial charge in [-0.3, -0.25) is 4.79 Å². The average molecular weight is 352 g/mol. The van der Waals surface area contributed by atoms with Crippen molar-refractivity contribution in [2.45, 2.75) is 30.7 Å². The Hall–Kier alpha value is -1.22. The van der Waals surface area contributed by atoms with Gasteiger partial charge in [-0.2, -0.15) is 0 Å². The Morgan fingerprint density at radius 2 is 2.18 bits per heavy atom. The monoisotopic (exact) mass is 351 g/mol. The molecule has 0 radical (unpaired) electrons. The minimum atomic E-state index is -3.73. The first-order valence-electron chi connectivity index (χ1n) is 6.69. The Labute approximate surface area is 135 Å². The normalized spacial score (nSPS) is 17.8. The Bertz CT molecular complexity index is 633. The molecule has 124 valence electrons. The Kier molecular flexibility index (Phi) is 6.73. The van der Waals surface area contributed by atoms with Crippen LogP contribution < -0.4 is 15.4 Å². The van der Waals surface area contributed by atoms with Gasteiger partial charge < -0.3 is 10.6 Å². The molecule has 1 unspecified atom stereocenters. The molecule has 9 heteroatoms. The van der Waals surface area contributed by atoms with Crippen LogP contribution in [-0.4, -0.2) is 33.5 Å². The van der Waals surface area contributed by atoms with Gasteiger partial charge in [-0.25, -0.2) is 17.5 Å². The molecule has 1 amide bonds. The van der Waals surface area contributed by atoms with Crippen LogP contribution >= 0.6 is 12.4 Å². The van der Waals surface area contributed by atoms with Gasteiger partial charge >= 0.3 is 0 Å². The number of nitrogens with one attached hydrogen (secondary N) is 3. The van der Waals surface area contributed by atoms with Crippen LogP contribution in [0.2, 0.25) is 0 Å². The van der Waals surface area contributed by atoms with Crippen LogP contribution in [-0.2, 0) is 14.8 Å². The number of halogens is 2. The number of rotatable bonds is 5. The van der Waals surface area contributed by atoms with Crippen LogP contribution in [0.5, 0.6) is 0 Å². The van der Waals surface area contributed by atoms with Crippen LogP contribution in [0, 0.1) is 5.82 Å². The number of amides is 1. The minimum Gasteiger partial charge on any atom is -0.324 e. The number of hydrogen-bond acceptors (Lipinski definition) is 4. The molecule has 0 aliphatic carbocycles. The van der Waals surface area contributed by atoms with E-state index in [4.69, 9.17) is 0 Å². The van der Waals surface area contributed by atoms with Gasteiger partial charge in [-0.1, -0.05) is 0 Å². The first-order chi connectivity index (χ1) is 9.88. The van der Waals surface area contributed by atoms with E-state index in [1.54, 1.807) is 0 Å². The number of anilines is 1. The lowest BCUT2D eigenvalue weighted by molar-refractivity contribution is -0.114. The third-order valence-electron chi connectivity index (χ3n) is 3.24. The summed E-state index contributed by atoms with van der Waals surface area (Å²) < 4.78 is 40.3. The first kappa shape index (κ1) is 18.8. The molecule has 1 atom stereocenters. The fraction of sp³-hybridized carbons (Fsp3) is 0.462. The van der Waals surface area contributed by atoms with Crippen LogP contribution in [0.3, 0.4) is 0 Å². The summed E-state index contributed by atoms with van der Waals surface area (Å²) in [5.41, 5.74) is -0.149. The van der Waals surface area contributed by atoms with Gasteiger partial charge in [-0.05, 0) is 37.6 Å². The van der Waals surface area contributed by atoms with Gasteiger partial charge in [-0.15, -0.1) is 12.4 Å². The summed E-state index contributed by atoms with van der Waals surface area (Å²) in [5, 5.41) is 5.45. The summed E-state index contributed by atoms with van der Waals surface area (Å²) in [7, 11) is -3.73. The third-order valence-corrected chi connectivity index (χ3v) is 4.66. The maximum absolute atomic E-state index is 13.5. The van der Waals surface area contributed by atoms with Gasteiger partial charge in [0, 0.05) is 19.5 Å². The number of carbonyl (C=O) groups is 1. The van der Waals surface area contributed by atoms with Crippen molar-refractivity contribution < 1.29 is 17.6 Å². The second-order valence-electron chi connectivity index (χ2n) is 4.97. The molecule has 1 aliphatic heterocycles. The summed E-state index contributed by atoms with van der Waals surface area (Å²) in [6, 6.07) is 3.43. The summed E-state index contributed by atoms with van der Waals surface area (Å²) in [4.78, 5) is 10.9. The van der Waals surface area contributed by atoms with E-state index in [0.717, 1.165) is 31.5 Å². The lowest BCUT2D eigenvalue weighted by Crippen LogP contribution is -2.37. The molecule has 0 bridgehead atoms. The zero-order valence-electron chi connectivity index (χ0n) is 12.1. The van der Waals surface area contributed by atoms with Crippen molar-refractivity contribution in [3.63, 3.8) is 0 Å². The zero-order valence-corrected chi connectivity index (χ0v) is 13.7. The summed E-state index contributed by atoms with van der Waals surface area (Å²) in [5.74, 6) is -1.15. The Morgan fingerprint density at radius 1 is 1.45 bits per heavy atom. The second-order valence-corrected chi connectivity index (χ2v) is 6.73. The van der Waals surface area contributed by atoms with Crippen molar-refractivity contribution >= 4 is 34.0 Å². The predicted molar refractivity (Wildman–Crippen MR) is 84.2 cm³/mol. The smallest absolute Gasteiger partial charge is 0.240 e. The third kappa shape index (κ3) is 4.91. The Morgan fingerprint density at radius 3 is 2.77 bits per heavy atom. The van der Waals surface area contributed by atoms with Crippen molar-refractivity contribution in [3.8, 4) is 0 Å². The van der Waals surface area contributed by atoms with E-state index in [9.17, 15) is 17.6 Å². The molecule has 2 rings (SSSR count). The fourth-order valence-corrected chi connectivity index (χ4v) is 3.29. The lowest BCUT2D eigenvalue weighted by atomic mass is 10.2. The molecule has 1 fully saturated rings.